The number of hydrogen-bond donors (Lipinski definition) is 2. The highest BCUT2D eigenvalue weighted by atomic mass is 19.4. The minimum Gasteiger partial charge on any atom is -0.439 e. The molecule has 10 heteroatoms. The minimum atomic E-state index is -4.45. The maximum absolute atomic E-state index is 12.6. The number of carbonyl (C=O) groups is 1. The second-order valence-electron chi connectivity index (χ2n) is 6.04. The normalized spacial score (nSPS) is 12.3. The van der Waals surface area contributed by atoms with Gasteiger partial charge in [-0.2, -0.15) is 13.2 Å². The monoisotopic (exact) mass is 403 g/mol. The molecule has 0 aliphatic carbocycles. The van der Waals surface area contributed by atoms with Gasteiger partial charge in [0.25, 0.3) is 0 Å². The van der Waals surface area contributed by atoms with Crippen molar-refractivity contribution < 1.29 is 22.7 Å². The van der Waals surface area contributed by atoms with Crippen LogP contribution in [0.1, 0.15) is 12.5 Å². The highest BCUT2D eigenvalue weighted by molar-refractivity contribution is 5.82. The van der Waals surface area contributed by atoms with Gasteiger partial charge >= 0.3 is 6.18 Å². The van der Waals surface area contributed by atoms with E-state index in [1.807, 2.05) is 0 Å². The van der Waals surface area contributed by atoms with E-state index in [2.05, 4.69) is 20.3 Å². The van der Waals surface area contributed by atoms with Crippen LogP contribution in [0.3, 0.4) is 0 Å². The van der Waals surface area contributed by atoms with Crippen LogP contribution in [0.5, 0.6) is 11.6 Å². The molecule has 3 N–H and O–H groups in total. The Bertz CT molecular complexity index is 992. The number of ether oxygens (including phenoxy) is 1. The molecule has 0 saturated heterocycles. The number of anilines is 1. The quantitative estimate of drug-likeness (QED) is 0.651. The van der Waals surface area contributed by atoms with E-state index in [9.17, 15) is 18.0 Å². The smallest absolute Gasteiger partial charge is 0.417 e. The molecule has 3 rings (SSSR count). The number of halogens is 3. The van der Waals surface area contributed by atoms with E-state index in [1.165, 1.54) is 6.20 Å². The summed E-state index contributed by atoms with van der Waals surface area (Å²) in [4.78, 5) is 23.3. The summed E-state index contributed by atoms with van der Waals surface area (Å²) in [6.07, 6.45) is -2.20. The Morgan fingerprint density at radius 3 is 2.41 bits per heavy atom. The second kappa shape index (κ2) is 8.13. The summed E-state index contributed by atoms with van der Waals surface area (Å²) in [7, 11) is 0. The molecule has 0 aliphatic rings. The van der Waals surface area contributed by atoms with Crippen LogP contribution in [0.25, 0.3) is 11.4 Å². The van der Waals surface area contributed by atoms with Gasteiger partial charge in [0.2, 0.25) is 11.8 Å². The Hall–Kier alpha value is -3.69. The first-order chi connectivity index (χ1) is 13.7. The molecule has 0 aliphatic heterocycles. The summed E-state index contributed by atoms with van der Waals surface area (Å²) >= 11 is 0. The molecule has 2 aromatic heterocycles. The Morgan fingerprint density at radius 1 is 1.10 bits per heavy atom. The van der Waals surface area contributed by atoms with Crippen LogP contribution in [0.2, 0.25) is 0 Å². The van der Waals surface area contributed by atoms with Gasteiger partial charge in [-0.3, -0.25) is 4.79 Å². The fourth-order valence-corrected chi connectivity index (χ4v) is 2.27. The maximum atomic E-state index is 12.6. The van der Waals surface area contributed by atoms with Gasteiger partial charge in [0.1, 0.15) is 17.6 Å². The minimum absolute atomic E-state index is 0.0358. The van der Waals surface area contributed by atoms with Crippen molar-refractivity contribution in [2.24, 2.45) is 5.73 Å². The van der Waals surface area contributed by atoms with Gasteiger partial charge in [-0.1, -0.05) is 0 Å². The number of rotatable bonds is 6. The van der Waals surface area contributed by atoms with E-state index < -0.39 is 23.7 Å². The third-order valence-electron chi connectivity index (χ3n) is 3.85. The molecule has 7 nitrogen and oxygen atoms in total. The standard InChI is InChI=1S/C19H16F3N5O2/c1-11(17(23)28)26-15-8-9-24-18(27-15)12-2-5-14(6-3-12)29-16-7-4-13(10-25-16)19(20,21)22/h2-11H,1H3,(H2,23,28)(H,24,26,27). The third kappa shape index (κ3) is 5.18. The van der Waals surface area contributed by atoms with Crippen molar-refractivity contribution in [3.05, 3.63) is 60.4 Å². The van der Waals surface area contributed by atoms with Crippen LogP contribution in [-0.4, -0.2) is 26.9 Å². The molecule has 150 valence electrons. The lowest BCUT2D eigenvalue weighted by molar-refractivity contribution is -0.137. The number of nitrogens with zero attached hydrogens (tertiary/aromatic N) is 3. The number of carbonyl (C=O) groups excluding carboxylic acids is 1. The molecule has 1 atom stereocenters. The van der Waals surface area contributed by atoms with E-state index in [4.69, 9.17) is 10.5 Å². The molecule has 0 saturated carbocycles. The zero-order chi connectivity index (χ0) is 21.0. The van der Waals surface area contributed by atoms with E-state index in [-0.39, 0.29) is 5.88 Å². The van der Waals surface area contributed by atoms with E-state index in [0.717, 1.165) is 12.1 Å². The summed E-state index contributed by atoms with van der Waals surface area (Å²) in [6.45, 7) is 1.62. The van der Waals surface area contributed by atoms with Gasteiger partial charge < -0.3 is 15.8 Å². The molecule has 3 aromatic rings. The lowest BCUT2D eigenvalue weighted by Gasteiger charge is -2.11. The molecular formula is C19H16F3N5O2. The Labute approximate surface area is 163 Å². The number of benzene rings is 1. The van der Waals surface area contributed by atoms with Gasteiger partial charge in [-0.05, 0) is 43.3 Å². The third-order valence-corrected chi connectivity index (χ3v) is 3.85. The predicted octanol–water partition coefficient (Wildman–Crippen LogP) is 3.64. The number of alkyl halides is 3. The average Bonchev–Trinajstić information content (AvgIpc) is 2.68. The second-order valence-corrected chi connectivity index (χ2v) is 6.04. The largest absolute Gasteiger partial charge is 0.439 e. The SMILES string of the molecule is CC(Nc1ccnc(-c2ccc(Oc3ccc(C(F)(F)F)cn3)cc2)n1)C(N)=O. The number of nitrogens with one attached hydrogen (secondary N) is 1. The summed E-state index contributed by atoms with van der Waals surface area (Å²) < 4.78 is 43.2. The topological polar surface area (TPSA) is 103 Å². The van der Waals surface area contributed by atoms with Crippen molar-refractivity contribution in [3.8, 4) is 23.0 Å². The lowest BCUT2D eigenvalue weighted by Crippen LogP contribution is -2.32. The number of amides is 1. The molecular weight excluding hydrogens is 387 g/mol. The van der Waals surface area contributed by atoms with Gasteiger partial charge in [0.15, 0.2) is 5.82 Å². The van der Waals surface area contributed by atoms with Crippen molar-refractivity contribution in [1.82, 2.24) is 15.0 Å². The van der Waals surface area contributed by atoms with Crippen molar-refractivity contribution in [2.45, 2.75) is 19.1 Å². The molecule has 1 aromatic carbocycles. The summed E-state index contributed by atoms with van der Waals surface area (Å²) in [5.74, 6) is 0.760. The first-order valence-electron chi connectivity index (χ1n) is 8.43. The first-order valence-corrected chi connectivity index (χ1v) is 8.43. The molecule has 29 heavy (non-hydrogen) atoms. The van der Waals surface area contributed by atoms with Crippen molar-refractivity contribution in [2.75, 3.05) is 5.32 Å². The molecule has 0 spiro atoms. The van der Waals surface area contributed by atoms with Crippen molar-refractivity contribution >= 4 is 11.7 Å². The fourth-order valence-electron chi connectivity index (χ4n) is 2.27. The zero-order valence-electron chi connectivity index (χ0n) is 15.1. The van der Waals surface area contributed by atoms with Crippen LogP contribution in [0.15, 0.2) is 54.9 Å². The van der Waals surface area contributed by atoms with E-state index in [0.29, 0.717) is 29.2 Å². The summed E-state index contributed by atoms with van der Waals surface area (Å²) in [5, 5.41) is 2.87. The van der Waals surface area contributed by atoms with Crippen LogP contribution in [0, 0.1) is 0 Å². The highest BCUT2D eigenvalue weighted by Crippen LogP contribution is 2.30. The molecule has 1 amide bonds. The summed E-state index contributed by atoms with van der Waals surface area (Å²) in [6, 6.07) is 9.67. The average molecular weight is 403 g/mol. The molecule has 0 bridgehead atoms. The van der Waals surface area contributed by atoms with Crippen LogP contribution >= 0.6 is 0 Å². The number of nitrogens with two attached hydrogens (primary N) is 1. The number of hydrogen-bond acceptors (Lipinski definition) is 6. The molecule has 0 radical (unpaired) electrons. The fraction of sp³-hybridized carbons (Fsp3) is 0.158. The highest BCUT2D eigenvalue weighted by Gasteiger charge is 2.30. The molecule has 1 unspecified atom stereocenters. The van der Waals surface area contributed by atoms with Crippen molar-refractivity contribution in [3.63, 3.8) is 0 Å². The van der Waals surface area contributed by atoms with Gasteiger partial charge in [-0.15, -0.1) is 0 Å². The Morgan fingerprint density at radius 2 is 1.83 bits per heavy atom. The van der Waals surface area contributed by atoms with Crippen LogP contribution < -0.4 is 15.8 Å². The van der Waals surface area contributed by atoms with Crippen LogP contribution in [-0.2, 0) is 11.0 Å². The maximum Gasteiger partial charge on any atom is 0.417 e. The Balaban J connectivity index is 1.71. The number of primary amides is 1. The molecule has 2 heterocycles. The van der Waals surface area contributed by atoms with Gasteiger partial charge in [-0.25, -0.2) is 15.0 Å². The van der Waals surface area contributed by atoms with Crippen LogP contribution in [0.4, 0.5) is 19.0 Å². The first kappa shape index (κ1) is 20.1. The van der Waals surface area contributed by atoms with E-state index in [1.54, 1.807) is 37.3 Å². The zero-order valence-corrected chi connectivity index (χ0v) is 15.1. The van der Waals surface area contributed by atoms with E-state index >= 15 is 0 Å². The molecule has 0 fully saturated rings. The Kier molecular flexibility index (Phi) is 5.62. The number of aromatic nitrogens is 3. The lowest BCUT2D eigenvalue weighted by atomic mass is 10.2. The van der Waals surface area contributed by atoms with Crippen molar-refractivity contribution in [1.29, 1.82) is 0 Å². The summed E-state index contributed by atoms with van der Waals surface area (Å²) in [5.41, 5.74) is 5.05. The predicted molar refractivity (Wildman–Crippen MR) is 99.1 cm³/mol. The van der Waals surface area contributed by atoms with Gasteiger partial charge in [0, 0.05) is 24.0 Å². The number of pyridine rings is 1. The van der Waals surface area contributed by atoms with Gasteiger partial charge in [0.05, 0.1) is 5.56 Å².